The number of aliphatic hydroxyl groups excluding tert-OH is 2. The van der Waals surface area contributed by atoms with Crippen LogP contribution in [0.3, 0.4) is 0 Å². The van der Waals surface area contributed by atoms with Gasteiger partial charge < -0.3 is 15.3 Å². The Labute approximate surface area is 135 Å². The van der Waals surface area contributed by atoms with E-state index in [9.17, 15) is 15.0 Å². The van der Waals surface area contributed by atoms with Crippen molar-refractivity contribution in [3.8, 4) is 0 Å². The van der Waals surface area contributed by atoms with E-state index in [2.05, 4.69) is 6.92 Å². The second kappa shape index (κ2) is 15.3. The van der Waals surface area contributed by atoms with Crippen LogP contribution in [0, 0.1) is 0 Å². The topological polar surface area (TPSA) is 77.8 Å². The molecule has 0 aliphatic heterocycles. The molecule has 0 spiro atoms. The van der Waals surface area contributed by atoms with E-state index in [4.69, 9.17) is 5.11 Å². The molecule has 0 aliphatic carbocycles. The summed E-state index contributed by atoms with van der Waals surface area (Å²) in [7, 11) is 0. The summed E-state index contributed by atoms with van der Waals surface area (Å²) in [5.41, 5.74) is 0. The van der Waals surface area contributed by atoms with Gasteiger partial charge in [-0.1, -0.05) is 58.3 Å². The van der Waals surface area contributed by atoms with Gasteiger partial charge in [-0.2, -0.15) is 0 Å². The number of rotatable bonds is 16. The summed E-state index contributed by atoms with van der Waals surface area (Å²) in [6.07, 6.45) is 12.2. The fourth-order valence-electron chi connectivity index (χ4n) is 2.67. The molecule has 0 bridgehead atoms. The van der Waals surface area contributed by atoms with Gasteiger partial charge in [-0.25, -0.2) is 0 Å². The van der Waals surface area contributed by atoms with Gasteiger partial charge in [0.25, 0.3) is 0 Å². The highest BCUT2D eigenvalue weighted by Crippen LogP contribution is 2.14. The first-order valence-corrected chi connectivity index (χ1v) is 9.14. The van der Waals surface area contributed by atoms with E-state index in [0.717, 1.165) is 44.9 Å². The molecule has 0 fully saturated rings. The Hall–Kier alpha value is -0.610. The molecule has 0 aliphatic rings. The third-order valence-corrected chi connectivity index (χ3v) is 4.15. The molecule has 0 saturated carbocycles. The maximum absolute atomic E-state index is 10.4. The van der Waals surface area contributed by atoms with Crippen LogP contribution in [0.2, 0.25) is 0 Å². The molecule has 0 radical (unpaired) electrons. The normalized spacial score (nSPS) is 14.0. The Bertz CT molecular complexity index is 255. The standard InChI is InChI=1S/C18H36O4/c1-2-3-4-5-8-11-16(19)14-15-17(20)12-9-6-7-10-13-18(21)22/h16-17,19-20H,2-15H2,1H3,(H,21,22)/t16-,17+/m0/s1. The zero-order valence-corrected chi connectivity index (χ0v) is 14.3. The van der Waals surface area contributed by atoms with Crippen LogP contribution in [-0.4, -0.2) is 33.5 Å². The first-order chi connectivity index (χ1) is 10.6. The number of hydrogen-bond donors (Lipinski definition) is 3. The summed E-state index contributed by atoms with van der Waals surface area (Å²) in [4.78, 5) is 10.4. The third-order valence-electron chi connectivity index (χ3n) is 4.15. The molecule has 2 atom stereocenters. The van der Waals surface area contributed by atoms with Crippen LogP contribution in [-0.2, 0) is 4.79 Å². The lowest BCUT2D eigenvalue weighted by molar-refractivity contribution is -0.137. The van der Waals surface area contributed by atoms with Crippen molar-refractivity contribution in [3.63, 3.8) is 0 Å². The van der Waals surface area contributed by atoms with Gasteiger partial charge in [0, 0.05) is 6.42 Å². The lowest BCUT2D eigenvalue weighted by atomic mass is 10.0. The van der Waals surface area contributed by atoms with Crippen molar-refractivity contribution >= 4 is 5.97 Å². The van der Waals surface area contributed by atoms with Crippen LogP contribution >= 0.6 is 0 Å². The fraction of sp³-hybridized carbons (Fsp3) is 0.944. The van der Waals surface area contributed by atoms with Crippen molar-refractivity contribution in [1.29, 1.82) is 0 Å². The summed E-state index contributed by atoms with van der Waals surface area (Å²) >= 11 is 0. The molecule has 0 heterocycles. The molecule has 4 heteroatoms. The Balaban J connectivity index is 3.36. The molecule has 3 N–H and O–H groups in total. The first kappa shape index (κ1) is 21.4. The maximum atomic E-state index is 10.4. The van der Waals surface area contributed by atoms with Crippen molar-refractivity contribution in [1.82, 2.24) is 0 Å². The Morgan fingerprint density at radius 1 is 0.727 bits per heavy atom. The highest BCUT2D eigenvalue weighted by molar-refractivity contribution is 5.66. The van der Waals surface area contributed by atoms with E-state index >= 15 is 0 Å². The number of carbonyl (C=O) groups is 1. The van der Waals surface area contributed by atoms with E-state index in [-0.39, 0.29) is 18.6 Å². The summed E-state index contributed by atoms with van der Waals surface area (Å²) in [6, 6.07) is 0. The minimum Gasteiger partial charge on any atom is -0.481 e. The van der Waals surface area contributed by atoms with Gasteiger partial charge >= 0.3 is 5.97 Å². The molecule has 4 nitrogen and oxygen atoms in total. The van der Waals surface area contributed by atoms with Gasteiger partial charge in [0.1, 0.15) is 0 Å². The van der Waals surface area contributed by atoms with Gasteiger partial charge in [0.05, 0.1) is 12.2 Å². The van der Waals surface area contributed by atoms with Crippen molar-refractivity contribution in [2.45, 2.75) is 109 Å². The number of unbranched alkanes of at least 4 members (excludes halogenated alkanes) is 7. The van der Waals surface area contributed by atoms with Crippen LogP contribution in [0.25, 0.3) is 0 Å². The largest absolute Gasteiger partial charge is 0.481 e. The molecule has 0 saturated heterocycles. The number of carboxylic acids is 1. The summed E-state index contributed by atoms with van der Waals surface area (Å²) in [5, 5.41) is 28.3. The molecule has 0 aromatic heterocycles. The SMILES string of the molecule is CCCCCCC[C@H](O)CC[C@H](O)CCCCCCC(=O)O. The number of carboxylic acid groups (broad SMARTS) is 1. The summed E-state index contributed by atoms with van der Waals surface area (Å²) < 4.78 is 0. The molecule has 0 aromatic carbocycles. The predicted molar refractivity (Wildman–Crippen MR) is 90.0 cm³/mol. The number of aliphatic hydroxyl groups is 2. The van der Waals surface area contributed by atoms with E-state index in [1.165, 1.54) is 25.7 Å². The lowest BCUT2D eigenvalue weighted by Gasteiger charge is -2.14. The van der Waals surface area contributed by atoms with E-state index < -0.39 is 5.97 Å². The zero-order valence-electron chi connectivity index (χ0n) is 14.3. The molecular formula is C18H36O4. The molecule has 0 unspecified atom stereocenters. The van der Waals surface area contributed by atoms with Gasteiger partial charge in [-0.3, -0.25) is 4.79 Å². The smallest absolute Gasteiger partial charge is 0.303 e. The van der Waals surface area contributed by atoms with Gasteiger partial charge in [0.2, 0.25) is 0 Å². The van der Waals surface area contributed by atoms with Crippen LogP contribution in [0.4, 0.5) is 0 Å². The second-order valence-corrected chi connectivity index (χ2v) is 6.43. The summed E-state index contributed by atoms with van der Waals surface area (Å²) in [5.74, 6) is -0.733. The second-order valence-electron chi connectivity index (χ2n) is 6.43. The lowest BCUT2D eigenvalue weighted by Crippen LogP contribution is -2.13. The Morgan fingerprint density at radius 2 is 1.18 bits per heavy atom. The van der Waals surface area contributed by atoms with Crippen LogP contribution < -0.4 is 0 Å². The Morgan fingerprint density at radius 3 is 1.64 bits per heavy atom. The highest BCUT2D eigenvalue weighted by atomic mass is 16.4. The molecule has 22 heavy (non-hydrogen) atoms. The van der Waals surface area contributed by atoms with Crippen molar-refractivity contribution in [2.75, 3.05) is 0 Å². The van der Waals surface area contributed by atoms with E-state index in [1.807, 2.05) is 0 Å². The van der Waals surface area contributed by atoms with Gasteiger partial charge in [-0.15, -0.1) is 0 Å². The minimum atomic E-state index is -0.733. The van der Waals surface area contributed by atoms with Gasteiger partial charge in [0.15, 0.2) is 0 Å². The molecular weight excluding hydrogens is 280 g/mol. The molecule has 0 rings (SSSR count). The molecule has 132 valence electrons. The molecule has 0 amide bonds. The van der Waals surface area contributed by atoms with Crippen LogP contribution in [0.1, 0.15) is 96.8 Å². The summed E-state index contributed by atoms with van der Waals surface area (Å²) in [6.45, 7) is 2.20. The number of aliphatic carboxylic acids is 1. The van der Waals surface area contributed by atoms with Crippen LogP contribution in [0.15, 0.2) is 0 Å². The highest BCUT2D eigenvalue weighted by Gasteiger charge is 2.09. The predicted octanol–water partition coefficient (Wildman–Crippen LogP) is 4.27. The maximum Gasteiger partial charge on any atom is 0.303 e. The fourth-order valence-corrected chi connectivity index (χ4v) is 2.67. The first-order valence-electron chi connectivity index (χ1n) is 9.14. The van der Waals surface area contributed by atoms with Crippen molar-refractivity contribution in [3.05, 3.63) is 0 Å². The van der Waals surface area contributed by atoms with Crippen molar-refractivity contribution < 1.29 is 20.1 Å². The van der Waals surface area contributed by atoms with E-state index in [1.54, 1.807) is 0 Å². The third kappa shape index (κ3) is 15.8. The zero-order chi connectivity index (χ0) is 16.6. The van der Waals surface area contributed by atoms with Crippen LogP contribution in [0.5, 0.6) is 0 Å². The van der Waals surface area contributed by atoms with Gasteiger partial charge in [-0.05, 0) is 32.1 Å². The quantitative estimate of drug-likeness (QED) is 0.371. The minimum absolute atomic E-state index is 0.243. The monoisotopic (exact) mass is 316 g/mol. The van der Waals surface area contributed by atoms with Crippen molar-refractivity contribution in [2.24, 2.45) is 0 Å². The van der Waals surface area contributed by atoms with E-state index in [0.29, 0.717) is 12.8 Å². The Kier molecular flexibility index (Phi) is 14.9. The molecule has 0 aromatic rings. The average Bonchev–Trinajstić information content (AvgIpc) is 2.48. The average molecular weight is 316 g/mol. The number of hydrogen-bond acceptors (Lipinski definition) is 3.